The molecule has 0 spiro atoms. The van der Waals surface area contributed by atoms with Crippen molar-refractivity contribution < 1.29 is 34.2 Å². The van der Waals surface area contributed by atoms with Gasteiger partial charge in [-0.15, -0.1) is 0 Å². The van der Waals surface area contributed by atoms with Gasteiger partial charge in [0.05, 0.1) is 21.2 Å². The maximum absolute atomic E-state index is 12.1. The van der Waals surface area contributed by atoms with Crippen molar-refractivity contribution in [2.24, 2.45) is 21.8 Å². The van der Waals surface area contributed by atoms with Crippen LogP contribution in [0.15, 0.2) is 52.7 Å². The van der Waals surface area contributed by atoms with Crippen molar-refractivity contribution in [2.45, 2.75) is 79.3 Å². The number of hydrogen-bond acceptors (Lipinski definition) is 9. The quantitative estimate of drug-likeness (QED) is 0.162. The monoisotopic (exact) mass is 810 g/mol. The van der Waals surface area contributed by atoms with Crippen LogP contribution in [-0.4, -0.2) is 91.7 Å². The number of carbonyl (C=O) groups is 5. The first-order valence-corrected chi connectivity index (χ1v) is 18.6. The molecule has 4 amide bonds. The van der Waals surface area contributed by atoms with Crippen LogP contribution in [0.2, 0.25) is 10.0 Å². The van der Waals surface area contributed by atoms with E-state index >= 15 is 0 Å². The molecule has 5 N–H and O–H groups in total. The third-order valence-electron chi connectivity index (χ3n) is 9.51. The van der Waals surface area contributed by atoms with Crippen molar-refractivity contribution in [3.05, 3.63) is 86.4 Å². The highest BCUT2D eigenvalue weighted by Gasteiger charge is 2.44. The molecule has 0 saturated carbocycles. The van der Waals surface area contributed by atoms with Gasteiger partial charge in [0.15, 0.2) is 11.7 Å². The van der Waals surface area contributed by atoms with E-state index in [0.717, 1.165) is 11.1 Å². The Kier molecular flexibility index (Phi) is 14.8. The minimum Gasteiger partial charge on any atom is -0.478 e. The highest BCUT2D eigenvalue weighted by Crippen LogP contribution is 2.29. The van der Waals surface area contributed by atoms with Gasteiger partial charge in [-0.25, -0.2) is 24.4 Å². The standard InChI is InChI=1S/2C15H19N3O3.C9H10Cl2N2O/c2*1-5-9-6-10(13(19)20)11(16-7-9)12-17-14(21)15(4,18-12)8(2)3;1-13(2)9(14)12-6-3-4-7(10)8(11)5-6/h2*6-8H,5H2,1-4H3,(H,19,20)(H,17,18,21);3-5H,1-2H3,(H,12,14). The Labute approximate surface area is 336 Å². The van der Waals surface area contributed by atoms with Crippen LogP contribution in [0, 0.1) is 11.8 Å². The number of amides is 4. The molecule has 2 aliphatic heterocycles. The van der Waals surface area contributed by atoms with E-state index in [2.05, 4.69) is 35.9 Å². The third kappa shape index (κ3) is 10.3. The Hall–Kier alpha value is -5.41. The maximum atomic E-state index is 12.1. The SMILES string of the molecule is CCc1cnc(C2=NC(C)(C(C)C)C(=O)N2)c(C(=O)O)c1.CCc1cnc(C2=NC(C)(C(C)C)C(=O)N2)c(C(=O)O)c1.CN(C)C(=O)Nc1ccc(Cl)c(Cl)c1. The summed E-state index contributed by atoms with van der Waals surface area (Å²) < 4.78 is 0. The number of hydrogen-bond donors (Lipinski definition) is 5. The van der Waals surface area contributed by atoms with E-state index in [1.807, 2.05) is 41.5 Å². The zero-order valence-corrected chi connectivity index (χ0v) is 34.5. The number of aryl methyl sites for hydroxylation is 2. The lowest BCUT2D eigenvalue weighted by molar-refractivity contribution is -0.125. The lowest BCUT2D eigenvalue weighted by atomic mass is 9.89. The number of carboxylic acids is 2. The number of nitrogens with one attached hydrogen (secondary N) is 3. The average Bonchev–Trinajstić information content (AvgIpc) is 3.64. The molecule has 56 heavy (non-hydrogen) atoms. The lowest BCUT2D eigenvalue weighted by Crippen LogP contribution is -2.41. The van der Waals surface area contributed by atoms with Gasteiger partial charge < -0.3 is 31.1 Å². The van der Waals surface area contributed by atoms with Crippen LogP contribution in [0.25, 0.3) is 0 Å². The summed E-state index contributed by atoms with van der Waals surface area (Å²) in [5.74, 6) is -2.16. The molecule has 0 fully saturated rings. The van der Waals surface area contributed by atoms with Crippen LogP contribution in [0.5, 0.6) is 0 Å². The molecule has 5 rings (SSSR count). The number of aromatic carboxylic acids is 2. The first-order valence-electron chi connectivity index (χ1n) is 17.8. The van der Waals surface area contributed by atoms with Gasteiger partial charge in [-0.2, -0.15) is 0 Å². The number of rotatable bonds is 9. The van der Waals surface area contributed by atoms with Crippen molar-refractivity contribution in [1.29, 1.82) is 0 Å². The highest BCUT2D eigenvalue weighted by atomic mass is 35.5. The minimum absolute atomic E-state index is 0.00167. The zero-order chi connectivity index (χ0) is 42.3. The minimum atomic E-state index is -1.08. The number of aromatic nitrogens is 2. The van der Waals surface area contributed by atoms with Gasteiger partial charge in [-0.3, -0.25) is 19.6 Å². The fourth-order valence-electron chi connectivity index (χ4n) is 5.01. The molecule has 0 saturated heterocycles. The van der Waals surface area contributed by atoms with Crippen LogP contribution in [0.4, 0.5) is 10.5 Å². The number of carboxylic acid groups (broad SMARTS) is 2. The smallest absolute Gasteiger partial charge is 0.338 e. The van der Waals surface area contributed by atoms with Crippen molar-refractivity contribution in [2.75, 3.05) is 19.4 Å². The van der Waals surface area contributed by atoms with E-state index in [1.165, 1.54) is 4.90 Å². The maximum Gasteiger partial charge on any atom is 0.338 e. The van der Waals surface area contributed by atoms with Gasteiger partial charge in [-0.05, 0) is 80.0 Å². The molecular weight excluding hydrogens is 763 g/mol. The molecule has 2 aromatic heterocycles. The molecule has 0 bridgehead atoms. The summed E-state index contributed by atoms with van der Waals surface area (Å²) in [6.45, 7) is 14.9. The summed E-state index contributed by atoms with van der Waals surface area (Å²) in [6.07, 6.45) is 4.61. The van der Waals surface area contributed by atoms with Gasteiger partial charge >= 0.3 is 18.0 Å². The second-order valence-electron chi connectivity index (χ2n) is 14.2. The molecule has 2 aliphatic rings. The van der Waals surface area contributed by atoms with Crippen molar-refractivity contribution >= 4 is 70.3 Å². The molecular formula is C39H48Cl2N8O7. The number of nitrogens with zero attached hydrogens (tertiary/aromatic N) is 5. The first kappa shape index (κ1) is 45.0. The van der Waals surface area contributed by atoms with Crippen LogP contribution < -0.4 is 16.0 Å². The number of anilines is 1. The van der Waals surface area contributed by atoms with E-state index in [9.17, 15) is 34.2 Å². The van der Waals surface area contributed by atoms with Gasteiger partial charge in [0.1, 0.15) is 22.5 Å². The summed E-state index contributed by atoms with van der Waals surface area (Å²) in [4.78, 5) is 76.9. The second kappa shape index (κ2) is 18.5. The normalized spacial score (nSPS) is 18.5. The Balaban J connectivity index is 0.000000231. The molecule has 300 valence electrons. The largest absolute Gasteiger partial charge is 0.478 e. The Morgan fingerprint density at radius 2 is 1.16 bits per heavy atom. The van der Waals surface area contributed by atoms with Crippen LogP contribution in [0.1, 0.15) is 98.6 Å². The topological polar surface area (TPSA) is 216 Å². The Bertz CT molecular complexity index is 1970. The molecule has 0 aliphatic carbocycles. The number of halogens is 2. The van der Waals surface area contributed by atoms with E-state index in [4.69, 9.17) is 23.2 Å². The fourth-order valence-corrected chi connectivity index (χ4v) is 5.31. The Morgan fingerprint density at radius 3 is 1.46 bits per heavy atom. The molecule has 15 nitrogen and oxygen atoms in total. The molecule has 1 aromatic carbocycles. The fraction of sp³-hybridized carbons (Fsp3) is 0.410. The van der Waals surface area contributed by atoms with E-state index < -0.39 is 23.0 Å². The molecule has 2 atom stereocenters. The first-order chi connectivity index (χ1) is 26.1. The molecule has 0 radical (unpaired) electrons. The van der Waals surface area contributed by atoms with E-state index in [1.54, 1.807) is 70.7 Å². The van der Waals surface area contributed by atoms with Gasteiger partial charge in [0, 0.05) is 32.2 Å². The summed E-state index contributed by atoms with van der Waals surface area (Å²) in [7, 11) is 3.32. The van der Waals surface area contributed by atoms with Gasteiger partial charge in [0.25, 0.3) is 11.8 Å². The van der Waals surface area contributed by atoms with Crippen LogP contribution >= 0.6 is 23.2 Å². The average molecular weight is 812 g/mol. The molecule has 17 heteroatoms. The summed E-state index contributed by atoms with van der Waals surface area (Å²) >= 11 is 11.5. The lowest BCUT2D eigenvalue weighted by Gasteiger charge is -2.21. The predicted octanol–water partition coefficient (Wildman–Crippen LogP) is 6.35. The summed E-state index contributed by atoms with van der Waals surface area (Å²) in [5.41, 5.74) is 1.02. The number of aliphatic imine (C=N–C) groups is 2. The highest BCUT2D eigenvalue weighted by molar-refractivity contribution is 6.42. The van der Waals surface area contributed by atoms with Crippen LogP contribution in [-0.2, 0) is 22.4 Å². The molecule has 2 unspecified atom stereocenters. The number of pyridine rings is 2. The van der Waals surface area contributed by atoms with Gasteiger partial charge in [-0.1, -0.05) is 64.7 Å². The second-order valence-corrected chi connectivity index (χ2v) is 15.0. The number of carbonyl (C=O) groups excluding carboxylic acids is 3. The van der Waals surface area contributed by atoms with Crippen molar-refractivity contribution in [3.63, 3.8) is 0 Å². The van der Waals surface area contributed by atoms with Crippen LogP contribution in [0.3, 0.4) is 0 Å². The number of benzene rings is 1. The predicted molar refractivity (Wildman–Crippen MR) is 216 cm³/mol. The molecule has 4 heterocycles. The zero-order valence-electron chi connectivity index (χ0n) is 33.0. The van der Waals surface area contributed by atoms with E-state index in [0.29, 0.717) is 28.6 Å². The van der Waals surface area contributed by atoms with Gasteiger partial charge in [0.2, 0.25) is 0 Å². The van der Waals surface area contributed by atoms with Crippen molar-refractivity contribution in [1.82, 2.24) is 25.5 Å². The summed E-state index contributed by atoms with van der Waals surface area (Å²) in [6, 6.07) is 7.87. The third-order valence-corrected chi connectivity index (χ3v) is 10.3. The number of urea groups is 1. The molecule has 3 aromatic rings. The summed E-state index contributed by atoms with van der Waals surface area (Å²) in [5, 5.41) is 27.5. The Morgan fingerprint density at radius 1 is 0.750 bits per heavy atom. The number of amidine groups is 2. The van der Waals surface area contributed by atoms with E-state index in [-0.39, 0.29) is 63.9 Å². The van der Waals surface area contributed by atoms with Crippen molar-refractivity contribution in [3.8, 4) is 0 Å².